The van der Waals surface area contributed by atoms with Crippen molar-refractivity contribution in [2.75, 3.05) is 5.32 Å². The lowest BCUT2D eigenvalue weighted by molar-refractivity contribution is 0.102. The summed E-state index contributed by atoms with van der Waals surface area (Å²) < 4.78 is 1.72. The van der Waals surface area contributed by atoms with Gasteiger partial charge < -0.3 is 0 Å². The fourth-order valence-corrected chi connectivity index (χ4v) is 3.67. The molecule has 1 N–H and O–H groups in total. The second-order valence-electron chi connectivity index (χ2n) is 5.23. The van der Waals surface area contributed by atoms with Crippen molar-refractivity contribution in [3.8, 4) is 16.3 Å². The van der Waals surface area contributed by atoms with Crippen LogP contribution in [0.5, 0.6) is 0 Å². The lowest BCUT2D eigenvalue weighted by atomic mass is 10.2. The highest BCUT2D eigenvalue weighted by atomic mass is 32.1. The van der Waals surface area contributed by atoms with Gasteiger partial charge >= 0.3 is 0 Å². The number of anilines is 1. The van der Waals surface area contributed by atoms with Gasteiger partial charge in [0.2, 0.25) is 5.13 Å². The van der Waals surface area contributed by atoms with Crippen molar-refractivity contribution in [3.63, 3.8) is 0 Å². The topological polar surface area (TPSA) is 72.7 Å². The first-order valence-electron chi connectivity index (χ1n) is 7.51. The fourth-order valence-electron chi connectivity index (χ4n) is 2.36. The van der Waals surface area contributed by atoms with E-state index in [9.17, 15) is 4.79 Å². The molecule has 0 aliphatic rings. The normalized spacial score (nSPS) is 10.8. The van der Waals surface area contributed by atoms with Crippen LogP contribution in [0.25, 0.3) is 16.3 Å². The highest BCUT2D eigenvalue weighted by Gasteiger charge is 2.20. The fraction of sp³-hybridized carbons (Fsp3) is 0.0588. The molecule has 124 valence electrons. The largest absolute Gasteiger partial charge is 0.296 e. The molecule has 0 radical (unpaired) electrons. The Kier molecular flexibility index (Phi) is 4.12. The van der Waals surface area contributed by atoms with E-state index >= 15 is 0 Å². The van der Waals surface area contributed by atoms with Crippen molar-refractivity contribution < 1.29 is 4.79 Å². The lowest BCUT2D eigenvalue weighted by Gasteiger charge is -2.00. The summed E-state index contributed by atoms with van der Waals surface area (Å²) in [6.45, 7) is 1.85. The maximum absolute atomic E-state index is 12.8. The third-order valence-corrected chi connectivity index (χ3v) is 5.11. The van der Waals surface area contributed by atoms with Crippen LogP contribution in [0.2, 0.25) is 0 Å². The number of thiophene rings is 1. The summed E-state index contributed by atoms with van der Waals surface area (Å²) in [4.78, 5) is 13.7. The number of nitrogens with zero attached hydrogens (tertiary/aromatic N) is 4. The smallest absolute Gasteiger partial charge is 0.261 e. The maximum atomic E-state index is 12.8. The van der Waals surface area contributed by atoms with E-state index in [1.807, 2.05) is 54.8 Å². The Morgan fingerprint density at radius 3 is 2.64 bits per heavy atom. The van der Waals surface area contributed by atoms with Gasteiger partial charge in [0.15, 0.2) is 0 Å². The summed E-state index contributed by atoms with van der Waals surface area (Å²) in [5.74, 6) is -0.248. The minimum absolute atomic E-state index is 0.248. The van der Waals surface area contributed by atoms with Gasteiger partial charge in [0.1, 0.15) is 10.7 Å². The van der Waals surface area contributed by atoms with E-state index in [0.29, 0.717) is 16.4 Å². The number of benzene rings is 1. The van der Waals surface area contributed by atoms with Gasteiger partial charge in [-0.3, -0.25) is 10.1 Å². The van der Waals surface area contributed by atoms with Crippen LogP contribution in [-0.2, 0) is 0 Å². The Balaban J connectivity index is 1.74. The molecule has 0 aliphatic heterocycles. The molecule has 0 spiro atoms. The van der Waals surface area contributed by atoms with Gasteiger partial charge in [-0.2, -0.15) is 5.10 Å². The molecule has 8 heteroatoms. The van der Waals surface area contributed by atoms with Gasteiger partial charge in [-0.05, 0) is 30.5 Å². The summed E-state index contributed by atoms with van der Waals surface area (Å²) in [6, 6.07) is 13.6. The second-order valence-corrected chi connectivity index (χ2v) is 7.36. The number of aryl methyl sites for hydroxylation is 1. The third-order valence-electron chi connectivity index (χ3n) is 3.48. The quantitative estimate of drug-likeness (QED) is 0.591. The number of amides is 1. The average Bonchev–Trinajstić information content (AvgIpc) is 3.35. The standard InChI is InChI=1S/C17H13N5OS2/c1-11-19-20-17(25-11)18-16(23)13-10-22(12-6-3-2-4-7-12)21-15(13)14-8-5-9-24-14/h2-10H,1H3,(H,18,20,23). The molecule has 0 saturated heterocycles. The Hall–Kier alpha value is -2.84. The second kappa shape index (κ2) is 6.58. The van der Waals surface area contributed by atoms with Crippen LogP contribution in [0, 0.1) is 6.92 Å². The SMILES string of the molecule is Cc1nnc(NC(=O)c2cn(-c3ccccc3)nc2-c2cccs2)s1. The first-order valence-corrected chi connectivity index (χ1v) is 9.21. The molecule has 0 aliphatic carbocycles. The third kappa shape index (κ3) is 3.21. The van der Waals surface area contributed by atoms with Crippen molar-refractivity contribution in [1.82, 2.24) is 20.0 Å². The molecule has 25 heavy (non-hydrogen) atoms. The van der Waals surface area contributed by atoms with E-state index in [1.54, 1.807) is 22.2 Å². The number of carbonyl (C=O) groups excluding carboxylic acids is 1. The predicted octanol–water partition coefficient (Wildman–Crippen LogP) is 4.01. The van der Waals surface area contributed by atoms with Gasteiger partial charge in [-0.25, -0.2) is 4.68 Å². The van der Waals surface area contributed by atoms with E-state index in [4.69, 9.17) is 0 Å². The lowest BCUT2D eigenvalue weighted by Crippen LogP contribution is -2.12. The minimum Gasteiger partial charge on any atom is -0.296 e. The Labute approximate surface area is 151 Å². The van der Waals surface area contributed by atoms with Crippen molar-refractivity contribution in [2.45, 2.75) is 6.92 Å². The highest BCUT2D eigenvalue weighted by molar-refractivity contribution is 7.15. The number of hydrogen-bond donors (Lipinski definition) is 1. The Bertz CT molecular complexity index is 1010. The zero-order chi connectivity index (χ0) is 17.2. The summed E-state index contributed by atoms with van der Waals surface area (Å²) in [6.07, 6.45) is 1.74. The van der Waals surface area contributed by atoms with Crippen LogP contribution in [0.4, 0.5) is 5.13 Å². The maximum Gasteiger partial charge on any atom is 0.261 e. The van der Waals surface area contributed by atoms with Crippen molar-refractivity contribution >= 4 is 33.7 Å². The summed E-state index contributed by atoms with van der Waals surface area (Å²) in [5.41, 5.74) is 2.04. The van der Waals surface area contributed by atoms with Crippen LogP contribution < -0.4 is 5.32 Å². The Morgan fingerprint density at radius 2 is 1.96 bits per heavy atom. The van der Waals surface area contributed by atoms with E-state index in [0.717, 1.165) is 15.6 Å². The number of rotatable bonds is 4. The molecule has 1 amide bonds. The van der Waals surface area contributed by atoms with Crippen LogP contribution in [0.15, 0.2) is 54.0 Å². The number of aromatic nitrogens is 4. The molecule has 0 saturated carbocycles. The molecule has 4 aromatic rings. The molecular formula is C17H13N5OS2. The Morgan fingerprint density at radius 1 is 1.12 bits per heavy atom. The molecule has 0 unspecified atom stereocenters. The number of hydrogen-bond acceptors (Lipinski definition) is 6. The van der Waals surface area contributed by atoms with Gasteiger partial charge in [0.25, 0.3) is 5.91 Å². The van der Waals surface area contributed by atoms with Crippen LogP contribution in [-0.4, -0.2) is 25.9 Å². The first kappa shape index (κ1) is 15.7. The van der Waals surface area contributed by atoms with Gasteiger partial charge in [-0.1, -0.05) is 35.6 Å². The van der Waals surface area contributed by atoms with E-state index in [1.165, 1.54) is 11.3 Å². The molecule has 0 fully saturated rings. The monoisotopic (exact) mass is 367 g/mol. The van der Waals surface area contributed by atoms with Crippen LogP contribution in [0.3, 0.4) is 0 Å². The molecule has 4 rings (SSSR count). The van der Waals surface area contributed by atoms with Crippen LogP contribution in [0.1, 0.15) is 15.4 Å². The number of nitrogens with one attached hydrogen (secondary N) is 1. The van der Waals surface area contributed by atoms with Gasteiger partial charge in [-0.15, -0.1) is 21.5 Å². The van der Waals surface area contributed by atoms with Crippen molar-refractivity contribution in [1.29, 1.82) is 0 Å². The number of para-hydroxylation sites is 1. The first-order chi connectivity index (χ1) is 12.2. The van der Waals surface area contributed by atoms with E-state index in [2.05, 4.69) is 20.6 Å². The molecular weight excluding hydrogens is 354 g/mol. The van der Waals surface area contributed by atoms with E-state index in [-0.39, 0.29) is 5.91 Å². The molecule has 3 heterocycles. The van der Waals surface area contributed by atoms with Gasteiger partial charge in [0, 0.05) is 6.20 Å². The predicted molar refractivity (Wildman–Crippen MR) is 99.5 cm³/mol. The van der Waals surface area contributed by atoms with Crippen molar-refractivity contribution in [3.05, 3.63) is 64.6 Å². The summed E-state index contributed by atoms with van der Waals surface area (Å²) in [7, 11) is 0. The summed E-state index contributed by atoms with van der Waals surface area (Å²) >= 11 is 2.88. The average molecular weight is 367 g/mol. The van der Waals surface area contributed by atoms with Gasteiger partial charge in [0.05, 0.1) is 16.1 Å². The molecule has 6 nitrogen and oxygen atoms in total. The molecule has 1 aromatic carbocycles. The van der Waals surface area contributed by atoms with Crippen molar-refractivity contribution in [2.24, 2.45) is 0 Å². The highest BCUT2D eigenvalue weighted by Crippen LogP contribution is 2.28. The zero-order valence-corrected chi connectivity index (χ0v) is 14.8. The van der Waals surface area contributed by atoms with E-state index < -0.39 is 0 Å². The summed E-state index contributed by atoms with van der Waals surface area (Å²) in [5, 5.41) is 18.5. The molecule has 3 aromatic heterocycles. The zero-order valence-electron chi connectivity index (χ0n) is 13.2. The minimum atomic E-state index is -0.248. The number of carbonyl (C=O) groups is 1. The molecule has 0 atom stereocenters. The molecule has 0 bridgehead atoms. The van der Waals surface area contributed by atoms with Crippen LogP contribution >= 0.6 is 22.7 Å².